The average Bonchev–Trinajstić information content (AvgIpc) is 3.10. The number of hydrogen-bond acceptors (Lipinski definition) is 4. The quantitative estimate of drug-likeness (QED) is 0.814. The van der Waals surface area contributed by atoms with Gasteiger partial charge in [0.05, 0.1) is 6.54 Å². The molecule has 29 heavy (non-hydrogen) atoms. The van der Waals surface area contributed by atoms with Crippen LogP contribution in [0.4, 0.5) is 0 Å². The molecular weight excluding hydrogens is 388 g/mol. The van der Waals surface area contributed by atoms with E-state index in [1.807, 2.05) is 36.7 Å². The van der Waals surface area contributed by atoms with Gasteiger partial charge in [-0.05, 0) is 50.8 Å². The van der Waals surface area contributed by atoms with Gasteiger partial charge in [-0.25, -0.2) is 4.98 Å². The summed E-state index contributed by atoms with van der Waals surface area (Å²) in [6.07, 6.45) is 7.26. The monoisotopic (exact) mass is 416 g/mol. The first-order chi connectivity index (χ1) is 13.7. The smallest absolute Gasteiger partial charge is 0.234 e. The average molecular weight is 417 g/mol. The molecule has 5 rings (SSSR count). The van der Waals surface area contributed by atoms with Crippen molar-refractivity contribution in [2.75, 3.05) is 19.7 Å². The van der Waals surface area contributed by atoms with Crippen molar-refractivity contribution in [3.05, 3.63) is 48.0 Å². The Morgan fingerprint density at radius 2 is 2.14 bits per heavy atom. The van der Waals surface area contributed by atoms with Crippen molar-refractivity contribution >= 4 is 18.3 Å². The highest BCUT2D eigenvalue weighted by Gasteiger charge is 2.58. The van der Waals surface area contributed by atoms with Crippen LogP contribution in [-0.2, 0) is 17.9 Å². The molecule has 3 aliphatic rings. The van der Waals surface area contributed by atoms with Gasteiger partial charge in [0.25, 0.3) is 0 Å². The van der Waals surface area contributed by atoms with Gasteiger partial charge in [-0.1, -0.05) is 18.2 Å². The van der Waals surface area contributed by atoms with Crippen molar-refractivity contribution in [3.63, 3.8) is 0 Å². The molecule has 1 amide bonds. The minimum atomic E-state index is -0.208. The Bertz CT molecular complexity index is 877. The first kappa shape index (κ1) is 20.2. The summed E-state index contributed by atoms with van der Waals surface area (Å²) in [6, 6.07) is 8.27. The summed E-state index contributed by atoms with van der Waals surface area (Å²) in [5, 5.41) is 3.46. The number of nitrogens with zero attached hydrogens (tertiary/aromatic N) is 3. The summed E-state index contributed by atoms with van der Waals surface area (Å²) in [6.45, 7) is 6.11. The van der Waals surface area contributed by atoms with E-state index >= 15 is 0 Å². The highest BCUT2D eigenvalue weighted by molar-refractivity contribution is 5.86. The van der Waals surface area contributed by atoms with Crippen molar-refractivity contribution in [2.24, 2.45) is 5.41 Å². The van der Waals surface area contributed by atoms with Crippen LogP contribution in [0.1, 0.15) is 43.5 Å². The topological polar surface area (TPSA) is 59.4 Å². The van der Waals surface area contributed by atoms with Crippen LogP contribution in [0.25, 0.3) is 0 Å². The predicted molar refractivity (Wildman–Crippen MR) is 113 cm³/mol. The molecular formula is C22H29ClN4O2. The third-order valence-corrected chi connectivity index (χ3v) is 6.86. The molecule has 2 aromatic rings. The molecule has 7 heteroatoms. The van der Waals surface area contributed by atoms with E-state index in [-0.39, 0.29) is 24.2 Å². The van der Waals surface area contributed by atoms with Crippen molar-refractivity contribution in [3.8, 4) is 5.75 Å². The lowest BCUT2D eigenvalue weighted by molar-refractivity contribution is -0.135. The van der Waals surface area contributed by atoms with Crippen LogP contribution in [0, 0.1) is 5.41 Å². The number of amides is 1. The molecule has 2 aliphatic heterocycles. The molecule has 2 atom stereocenters. The fraction of sp³-hybridized carbons (Fsp3) is 0.545. The summed E-state index contributed by atoms with van der Waals surface area (Å²) < 4.78 is 7.96. The molecule has 6 nitrogen and oxygen atoms in total. The maximum atomic E-state index is 13.7. The number of aromatic nitrogens is 2. The fourth-order valence-electron chi connectivity index (χ4n) is 5.07. The summed E-state index contributed by atoms with van der Waals surface area (Å²) in [5.41, 5.74) is 1.32. The van der Waals surface area contributed by atoms with Crippen molar-refractivity contribution in [1.29, 1.82) is 0 Å². The Morgan fingerprint density at radius 3 is 2.93 bits per heavy atom. The van der Waals surface area contributed by atoms with E-state index in [1.54, 1.807) is 0 Å². The molecule has 1 spiro atoms. The minimum Gasteiger partial charge on any atom is -0.492 e. The van der Waals surface area contributed by atoms with Crippen LogP contribution in [0.2, 0.25) is 0 Å². The van der Waals surface area contributed by atoms with Gasteiger partial charge in [0.2, 0.25) is 5.91 Å². The van der Waals surface area contributed by atoms with Gasteiger partial charge in [0.15, 0.2) is 0 Å². The fourth-order valence-corrected chi connectivity index (χ4v) is 5.07. The number of piperidine rings is 1. The van der Waals surface area contributed by atoms with E-state index in [1.165, 1.54) is 0 Å². The van der Waals surface area contributed by atoms with E-state index in [0.29, 0.717) is 24.6 Å². The lowest BCUT2D eigenvalue weighted by Gasteiger charge is -2.31. The number of benzene rings is 1. The number of nitrogens with one attached hydrogen (secondary N) is 1. The molecule has 0 bridgehead atoms. The van der Waals surface area contributed by atoms with E-state index in [9.17, 15) is 4.79 Å². The molecule has 0 radical (unpaired) electrons. The van der Waals surface area contributed by atoms with Gasteiger partial charge >= 0.3 is 0 Å². The van der Waals surface area contributed by atoms with Crippen molar-refractivity contribution < 1.29 is 9.53 Å². The SMILES string of the molecule is CCn1ccnc1CN(C(=O)C1COc2ccccc21)C1CC12CCNCC2.Cl. The zero-order valence-corrected chi connectivity index (χ0v) is 17.7. The number of rotatable bonds is 5. The summed E-state index contributed by atoms with van der Waals surface area (Å²) in [4.78, 5) is 20.4. The van der Waals surface area contributed by atoms with Crippen LogP contribution in [0.5, 0.6) is 5.75 Å². The second-order valence-corrected chi connectivity index (χ2v) is 8.33. The third-order valence-electron chi connectivity index (χ3n) is 6.86. The number of hydrogen-bond donors (Lipinski definition) is 1. The zero-order chi connectivity index (χ0) is 19.1. The van der Waals surface area contributed by atoms with Crippen LogP contribution in [-0.4, -0.2) is 46.1 Å². The molecule has 1 aliphatic carbocycles. The maximum absolute atomic E-state index is 13.7. The Balaban J connectivity index is 0.00000205. The van der Waals surface area contributed by atoms with Crippen molar-refractivity contribution in [2.45, 2.75) is 51.2 Å². The summed E-state index contributed by atoms with van der Waals surface area (Å²) in [7, 11) is 0. The highest BCUT2D eigenvalue weighted by Crippen LogP contribution is 2.56. The van der Waals surface area contributed by atoms with Gasteiger partial charge in [0, 0.05) is 30.5 Å². The first-order valence-electron chi connectivity index (χ1n) is 10.4. The van der Waals surface area contributed by atoms with Gasteiger partial charge in [-0.3, -0.25) is 4.79 Å². The summed E-state index contributed by atoms with van der Waals surface area (Å²) >= 11 is 0. The second-order valence-electron chi connectivity index (χ2n) is 8.33. The predicted octanol–water partition coefficient (Wildman–Crippen LogP) is 2.97. The first-order valence-corrected chi connectivity index (χ1v) is 10.4. The lowest BCUT2D eigenvalue weighted by Crippen LogP contribution is -2.42. The molecule has 1 N–H and O–H groups in total. The molecule has 1 saturated heterocycles. The molecule has 1 aromatic heterocycles. The second kappa shape index (κ2) is 8.00. The molecule has 3 heterocycles. The Labute approximate surface area is 178 Å². The number of imidazole rings is 1. The summed E-state index contributed by atoms with van der Waals surface area (Å²) in [5.74, 6) is 1.80. The normalized spacial score (nSPS) is 23.8. The van der Waals surface area contributed by atoms with Gasteiger partial charge in [-0.2, -0.15) is 0 Å². The molecule has 1 saturated carbocycles. The number of carbonyl (C=O) groups is 1. The van der Waals surface area contributed by atoms with E-state index in [4.69, 9.17) is 4.74 Å². The van der Waals surface area contributed by atoms with E-state index < -0.39 is 0 Å². The van der Waals surface area contributed by atoms with Crippen LogP contribution in [0.3, 0.4) is 0 Å². The minimum absolute atomic E-state index is 0. The number of ether oxygens (including phenoxy) is 1. The molecule has 2 unspecified atom stereocenters. The largest absolute Gasteiger partial charge is 0.492 e. The number of halogens is 1. The van der Waals surface area contributed by atoms with Crippen LogP contribution < -0.4 is 10.1 Å². The number of para-hydroxylation sites is 1. The molecule has 156 valence electrons. The van der Waals surface area contributed by atoms with Gasteiger partial charge < -0.3 is 19.5 Å². The van der Waals surface area contributed by atoms with Gasteiger partial charge in [0.1, 0.15) is 24.1 Å². The number of fused-ring (bicyclic) bond motifs is 1. The number of carbonyl (C=O) groups excluding carboxylic acids is 1. The molecule has 2 fully saturated rings. The van der Waals surface area contributed by atoms with Gasteiger partial charge in [-0.15, -0.1) is 12.4 Å². The van der Waals surface area contributed by atoms with Crippen molar-refractivity contribution in [1.82, 2.24) is 19.8 Å². The maximum Gasteiger partial charge on any atom is 0.234 e. The zero-order valence-electron chi connectivity index (χ0n) is 16.8. The van der Waals surface area contributed by atoms with E-state index in [2.05, 4.69) is 26.7 Å². The number of aryl methyl sites for hydroxylation is 1. The Kier molecular flexibility index (Phi) is 5.58. The lowest BCUT2D eigenvalue weighted by atomic mass is 9.93. The molecule has 1 aromatic carbocycles. The third kappa shape index (κ3) is 3.53. The Morgan fingerprint density at radius 1 is 1.34 bits per heavy atom. The van der Waals surface area contributed by atoms with Crippen LogP contribution >= 0.6 is 12.4 Å². The van der Waals surface area contributed by atoms with E-state index in [0.717, 1.165) is 56.0 Å². The standard InChI is InChI=1S/C22H28N4O2.ClH/c1-2-25-12-11-24-20(25)14-26(19-13-22(19)7-9-23-10-8-22)21(27)17-15-28-18-6-4-3-5-16(17)18;/h3-6,11-12,17,19,23H,2,7-10,13-15H2,1H3;1H. The van der Waals surface area contributed by atoms with Crippen LogP contribution in [0.15, 0.2) is 36.7 Å². The highest BCUT2D eigenvalue weighted by atomic mass is 35.5. The Hall–Kier alpha value is -2.05.